The minimum absolute atomic E-state index is 0.168. The van der Waals surface area contributed by atoms with Gasteiger partial charge in [-0.15, -0.1) is 0 Å². The first-order valence-corrected chi connectivity index (χ1v) is 6.49. The number of carbonyl (C=O) groups is 1. The van der Waals surface area contributed by atoms with Crippen molar-refractivity contribution in [2.75, 3.05) is 7.11 Å². The number of nitrogens with zero attached hydrogens (tertiary/aromatic N) is 2. The van der Waals surface area contributed by atoms with Gasteiger partial charge < -0.3 is 14.4 Å². The number of hydrogen-bond acceptors (Lipinski definition) is 5. The van der Waals surface area contributed by atoms with E-state index in [2.05, 4.69) is 10.1 Å². The summed E-state index contributed by atoms with van der Waals surface area (Å²) in [5.41, 5.74) is 1.51. The minimum Gasteiger partial charge on any atom is -0.497 e. The third kappa shape index (κ3) is 2.67. The van der Waals surface area contributed by atoms with Gasteiger partial charge in [-0.2, -0.15) is 4.98 Å². The van der Waals surface area contributed by atoms with Crippen LogP contribution in [0.15, 0.2) is 53.1 Å². The SMILES string of the molecule is COc1ccc(-c2noc(-c3cccc(C(=O)O)c3)n2)cc1. The van der Waals surface area contributed by atoms with Crippen molar-refractivity contribution in [3.63, 3.8) is 0 Å². The average molecular weight is 296 g/mol. The van der Waals surface area contributed by atoms with Crippen molar-refractivity contribution < 1.29 is 19.2 Å². The van der Waals surface area contributed by atoms with Gasteiger partial charge in [-0.25, -0.2) is 4.79 Å². The number of methoxy groups -OCH3 is 1. The molecule has 1 heterocycles. The van der Waals surface area contributed by atoms with Crippen LogP contribution in [0.4, 0.5) is 0 Å². The fraction of sp³-hybridized carbons (Fsp3) is 0.0625. The summed E-state index contributed by atoms with van der Waals surface area (Å²) in [6, 6.07) is 13.6. The summed E-state index contributed by atoms with van der Waals surface area (Å²) in [5.74, 6) is 0.436. The van der Waals surface area contributed by atoms with Crippen molar-refractivity contribution in [2.24, 2.45) is 0 Å². The van der Waals surface area contributed by atoms with Gasteiger partial charge >= 0.3 is 5.97 Å². The van der Waals surface area contributed by atoms with Crippen molar-refractivity contribution in [2.45, 2.75) is 0 Å². The fourth-order valence-corrected chi connectivity index (χ4v) is 1.98. The van der Waals surface area contributed by atoms with E-state index in [9.17, 15) is 4.79 Å². The van der Waals surface area contributed by atoms with Gasteiger partial charge in [0.15, 0.2) is 0 Å². The molecule has 2 aromatic carbocycles. The van der Waals surface area contributed by atoms with Crippen LogP contribution in [0.5, 0.6) is 5.75 Å². The number of benzene rings is 2. The van der Waals surface area contributed by atoms with E-state index in [0.29, 0.717) is 11.4 Å². The highest BCUT2D eigenvalue weighted by molar-refractivity contribution is 5.89. The van der Waals surface area contributed by atoms with Gasteiger partial charge in [0.1, 0.15) is 5.75 Å². The van der Waals surface area contributed by atoms with Gasteiger partial charge in [0.05, 0.1) is 12.7 Å². The van der Waals surface area contributed by atoms with Crippen LogP contribution in [0.2, 0.25) is 0 Å². The smallest absolute Gasteiger partial charge is 0.335 e. The fourth-order valence-electron chi connectivity index (χ4n) is 1.98. The van der Waals surface area contributed by atoms with Crippen LogP contribution >= 0.6 is 0 Å². The molecule has 6 heteroatoms. The zero-order chi connectivity index (χ0) is 15.5. The maximum absolute atomic E-state index is 11.0. The number of rotatable bonds is 4. The monoisotopic (exact) mass is 296 g/mol. The van der Waals surface area contributed by atoms with E-state index < -0.39 is 5.97 Å². The highest BCUT2D eigenvalue weighted by atomic mass is 16.5. The molecule has 0 aliphatic heterocycles. The van der Waals surface area contributed by atoms with Gasteiger partial charge in [-0.3, -0.25) is 0 Å². The molecule has 0 aliphatic carbocycles. The molecule has 1 aromatic heterocycles. The summed E-state index contributed by atoms with van der Waals surface area (Å²) in [4.78, 5) is 15.3. The zero-order valence-corrected chi connectivity index (χ0v) is 11.7. The van der Waals surface area contributed by atoms with Gasteiger partial charge in [0.25, 0.3) is 5.89 Å². The van der Waals surface area contributed by atoms with Crippen LogP contribution in [0, 0.1) is 0 Å². The first-order chi connectivity index (χ1) is 10.7. The number of carboxylic acid groups (broad SMARTS) is 1. The van der Waals surface area contributed by atoms with E-state index in [1.54, 1.807) is 31.4 Å². The second kappa shape index (κ2) is 5.69. The van der Waals surface area contributed by atoms with Crippen LogP contribution in [-0.2, 0) is 0 Å². The molecule has 0 radical (unpaired) electrons. The molecule has 1 N–H and O–H groups in total. The van der Waals surface area contributed by atoms with Crippen molar-refractivity contribution >= 4 is 5.97 Å². The highest BCUT2D eigenvalue weighted by Gasteiger charge is 2.12. The normalized spacial score (nSPS) is 10.4. The van der Waals surface area contributed by atoms with Crippen molar-refractivity contribution in [3.05, 3.63) is 54.1 Å². The number of aromatic nitrogens is 2. The summed E-state index contributed by atoms with van der Waals surface area (Å²) in [5, 5.41) is 12.9. The Bertz CT molecular complexity index is 809. The lowest BCUT2D eigenvalue weighted by Gasteiger charge is -1.99. The van der Waals surface area contributed by atoms with Gasteiger partial charge in [0.2, 0.25) is 5.82 Å². The van der Waals surface area contributed by atoms with E-state index in [1.807, 2.05) is 12.1 Å². The van der Waals surface area contributed by atoms with Gasteiger partial charge in [-0.1, -0.05) is 11.2 Å². The predicted octanol–water partition coefficient (Wildman–Crippen LogP) is 3.11. The molecule has 0 spiro atoms. The standard InChI is InChI=1S/C16H12N2O4/c1-21-13-7-5-10(6-8-13)14-17-15(22-18-14)11-3-2-4-12(9-11)16(19)20/h2-9H,1H3,(H,19,20). The van der Waals surface area contributed by atoms with E-state index in [0.717, 1.165) is 11.3 Å². The number of hydrogen-bond donors (Lipinski definition) is 1. The lowest BCUT2D eigenvalue weighted by molar-refractivity contribution is 0.0697. The molecule has 22 heavy (non-hydrogen) atoms. The topological polar surface area (TPSA) is 85.5 Å². The second-order valence-electron chi connectivity index (χ2n) is 4.54. The van der Waals surface area contributed by atoms with E-state index in [4.69, 9.17) is 14.4 Å². The first kappa shape index (κ1) is 13.8. The van der Waals surface area contributed by atoms with Crippen LogP contribution < -0.4 is 4.74 Å². The van der Waals surface area contributed by atoms with Crippen molar-refractivity contribution in [3.8, 4) is 28.6 Å². The third-order valence-electron chi connectivity index (χ3n) is 3.13. The Labute approximate surface area is 126 Å². The van der Waals surface area contributed by atoms with Gasteiger partial charge in [-0.05, 0) is 42.5 Å². The molecule has 0 fully saturated rings. The summed E-state index contributed by atoms with van der Waals surface area (Å²) >= 11 is 0. The van der Waals surface area contributed by atoms with Crippen LogP contribution in [-0.4, -0.2) is 28.3 Å². The van der Waals surface area contributed by atoms with E-state index in [1.165, 1.54) is 12.1 Å². The molecule has 110 valence electrons. The molecule has 0 aliphatic rings. The molecule has 3 rings (SSSR count). The van der Waals surface area contributed by atoms with Crippen LogP contribution in [0.1, 0.15) is 10.4 Å². The molecule has 0 amide bonds. The third-order valence-corrected chi connectivity index (χ3v) is 3.13. The molecular weight excluding hydrogens is 284 g/mol. The Kier molecular flexibility index (Phi) is 3.57. The Morgan fingerprint density at radius 2 is 1.91 bits per heavy atom. The largest absolute Gasteiger partial charge is 0.497 e. The summed E-state index contributed by atoms with van der Waals surface area (Å²) in [6.07, 6.45) is 0. The van der Waals surface area contributed by atoms with Gasteiger partial charge in [0, 0.05) is 11.1 Å². The van der Waals surface area contributed by atoms with Crippen LogP contribution in [0.3, 0.4) is 0 Å². The molecule has 0 saturated heterocycles. The number of aromatic carboxylic acids is 1. The van der Waals surface area contributed by atoms with Crippen molar-refractivity contribution in [1.29, 1.82) is 0 Å². The van der Waals surface area contributed by atoms with Crippen LogP contribution in [0.25, 0.3) is 22.8 Å². The Morgan fingerprint density at radius 3 is 2.59 bits per heavy atom. The Hall–Kier alpha value is -3.15. The predicted molar refractivity (Wildman–Crippen MR) is 78.7 cm³/mol. The second-order valence-corrected chi connectivity index (χ2v) is 4.54. The summed E-state index contributed by atoms with van der Waals surface area (Å²) in [7, 11) is 1.59. The summed E-state index contributed by atoms with van der Waals surface area (Å²) < 4.78 is 10.3. The highest BCUT2D eigenvalue weighted by Crippen LogP contribution is 2.24. The molecule has 0 atom stereocenters. The lowest BCUT2D eigenvalue weighted by atomic mass is 10.1. The number of ether oxygens (including phenoxy) is 1. The first-order valence-electron chi connectivity index (χ1n) is 6.49. The molecule has 3 aromatic rings. The lowest BCUT2D eigenvalue weighted by Crippen LogP contribution is -1.95. The minimum atomic E-state index is -1.00. The molecule has 0 saturated carbocycles. The quantitative estimate of drug-likeness (QED) is 0.796. The van der Waals surface area contributed by atoms with E-state index >= 15 is 0 Å². The molecule has 6 nitrogen and oxygen atoms in total. The Morgan fingerprint density at radius 1 is 1.14 bits per heavy atom. The van der Waals surface area contributed by atoms with Crippen molar-refractivity contribution in [1.82, 2.24) is 10.1 Å². The Balaban J connectivity index is 1.93. The maximum atomic E-state index is 11.0. The average Bonchev–Trinajstić information content (AvgIpc) is 3.05. The number of carboxylic acids is 1. The molecule has 0 bridgehead atoms. The molecule has 0 unspecified atom stereocenters. The maximum Gasteiger partial charge on any atom is 0.335 e. The van der Waals surface area contributed by atoms with E-state index in [-0.39, 0.29) is 11.5 Å². The zero-order valence-electron chi connectivity index (χ0n) is 11.7. The summed E-state index contributed by atoms with van der Waals surface area (Å²) in [6.45, 7) is 0. The molecular formula is C16H12N2O4.